The second-order valence-corrected chi connectivity index (χ2v) is 10.9. The maximum Gasteiger partial charge on any atom is 0.245 e. The highest BCUT2D eigenvalue weighted by molar-refractivity contribution is 6.30. The SMILES string of the molecule is CC(=O)c1nn(CC(=O)N2C[C@H](F)C[C@H]2C(=O)NC/C(F)=C(/C)c2cccc(Cl)c2)c2ccc(-c3cnc(C)nc3)cc12. The van der Waals surface area contributed by atoms with E-state index in [9.17, 15) is 23.2 Å². The first-order chi connectivity index (χ1) is 20.5. The Bertz CT molecular complexity index is 1750. The monoisotopic (exact) mass is 606 g/mol. The zero-order valence-corrected chi connectivity index (χ0v) is 24.5. The number of benzene rings is 2. The van der Waals surface area contributed by atoms with Crippen molar-refractivity contribution in [2.45, 2.75) is 46.0 Å². The molecule has 1 fully saturated rings. The van der Waals surface area contributed by atoms with E-state index in [4.69, 9.17) is 11.6 Å². The molecule has 0 aliphatic carbocycles. The maximum absolute atomic E-state index is 14.9. The van der Waals surface area contributed by atoms with Crippen LogP contribution in [-0.4, -0.2) is 67.5 Å². The van der Waals surface area contributed by atoms with Crippen LogP contribution in [0.3, 0.4) is 0 Å². The molecule has 2 atom stereocenters. The zero-order chi connectivity index (χ0) is 30.8. The Labute approximate surface area is 251 Å². The molecule has 1 aliphatic rings. The van der Waals surface area contributed by atoms with Gasteiger partial charge in [0.1, 0.15) is 36.1 Å². The summed E-state index contributed by atoms with van der Waals surface area (Å²) in [7, 11) is 0. The molecule has 43 heavy (non-hydrogen) atoms. The molecule has 0 unspecified atom stereocenters. The zero-order valence-electron chi connectivity index (χ0n) is 23.8. The largest absolute Gasteiger partial charge is 0.348 e. The van der Waals surface area contributed by atoms with E-state index in [2.05, 4.69) is 20.4 Å². The van der Waals surface area contributed by atoms with Gasteiger partial charge in [0.25, 0.3) is 0 Å². The fourth-order valence-electron chi connectivity index (χ4n) is 5.10. The number of rotatable bonds is 8. The second-order valence-electron chi connectivity index (χ2n) is 10.5. The summed E-state index contributed by atoms with van der Waals surface area (Å²) in [5.74, 6) is -1.47. The fraction of sp³-hybridized carbons (Fsp3) is 0.290. The average molecular weight is 607 g/mol. The predicted octanol–water partition coefficient (Wildman–Crippen LogP) is 5.11. The molecule has 9 nitrogen and oxygen atoms in total. The van der Waals surface area contributed by atoms with Crippen molar-refractivity contribution in [3.63, 3.8) is 0 Å². The number of nitrogens with zero attached hydrogens (tertiary/aromatic N) is 5. The Morgan fingerprint density at radius 3 is 2.51 bits per heavy atom. The molecule has 0 radical (unpaired) electrons. The van der Waals surface area contributed by atoms with Gasteiger partial charge in [-0.3, -0.25) is 19.1 Å². The highest BCUT2D eigenvalue weighted by Crippen LogP contribution is 2.28. The number of hydrogen-bond donors (Lipinski definition) is 1. The van der Waals surface area contributed by atoms with Gasteiger partial charge in [0.05, 0.1) is 18.6 Å². The van der Waals surface area contributed by atoms with Crippen LogP contribution in [0.4, 0.5) is 8.78 Å². The number of allylic oxidation sites excluding steroid dienone is 1. The molecule has 2 amide bonds. The lowest BCUT2D eigenvalue weighted by Gasteiger charge is -2.23. The molecule has 2 aromatic carbocycles. The molecule has 0 spiro atoms. The number of carbonyl (C=O) groups is 3. The van der Waals surface area contributed by atoms with E-state index in [0.29, 0.717) is 32.9 Å². The molecule has 5 rings (SSSR count). The van der Waals surface area contributed by atoms with Crippen LogP contribution >= 0.6 is 11.6 Å². The van der Waals surface area contributed by atoms with Crippen molar-refractivity contribution in [3.8, 4) is 11.1 Å². The van der Waals surface area contributed by atoms with Crippen LogP contribution in [0.25, 0.3) is 27.6 Å². The number of nitrogens with one attached hydrogen (secondary N) is 1. The number of Topliss-reactive ketones (excluding diaryl/α,β-unsaturated/α-hetero) is 1. The van der Waals surface area contributed by atoms with E-state index < -0.39 is 36.4 Å². The van der Waals surface area contributed by atoms with Crippen LogP contribution < -0.4 is 5.32 Å². The third-order valence-corrected chi connectivity index (χ3v) is 7.67. The summed E-state index contributed by atoms with van der Waals surface area (Å²) in [4.78, 5) is 48.4. The van der Waals surface area contributed by atoms with Crippen LogP contribution in [0.2, 0.25) is 5.02 Å². The van der Waals surface area contributed by atoms with Gasteiger partial charge >= 0.3 is 0 Å². The number of aryl methyl sites for hydroxylation is 1. The smallest absolute Gasteiger partial charge is 0.245 e. The van der Waals surface area contributed by atoms with Crippen LogP contribution in [0.5, 0.6) is 0 Å². The van der Waals surface area contributed by atoms with Crippen molar-refractivity contribution in [3.05, 3.63) is 82.8 Å². The summed E-state index contributed by atoms with van der Waals surface area (Å²) in [6.45, 7) is 3.69. The van der Waals surface area contributed by atoms with E-state index in [0.717, 1.165) is 16.0 Å². The number of carbonyl (C=O) groups excluding carboxylic acids is 3. The standard InChI is InChI=1S/C31H29ClF2N6O3/c1-17(20-5-4-6-23(32)9-20)26(34)14-37-31(43)28-11-24(33)15-39(28)29(42)16-40-27-8-7-21(22-12-35-19(3)36-13-22)10-25(27)30(38-40)18(2)41/h4-10,12-13,24,28H,11,14-16H2,1-3H3,(H,37,43)/b26-17+/t24-,28+/m1/s1. The van der Waals surface area contributed by atoms with Gasteiger partial charge in [-0.1, -0.05) is 29.8 Å². The Morgan fingerprint density at radius 1 is 1.07 bits per heavy atom. The molecule has 2 aromatic heterocycles. The first kappa shape index (κ1) is 30.0. The van der Waals surface area contributed by atoms with Gasteiger partial charge in [0, 0.05) is 41.7 Å². The van der Waals surface area contributed by atoms with Crippen LogP contribution in [-0.2, 0) is 16.1 Å². The number of alkyl halides is 1. The molecule has 3 heterocycles. The van der Waals surface area contributed by atoms with E-state index in [-0.39, 0.29) is 31.0 Å². The number of halogens is 3. The Morgan fingerprint density at radius 2 is 1.81 bits per heavy atom. The second kappa shape index (κ2) is 12.4. The first-order valence-electron chi connectivity index (χ1n) is 13.6. The van der Waals surface area contributed by atoms with Crippen molar-refractivity contribution in [1.82, 2.24) is 30.0 Å². The number of ketones is 1. The molecule has 1 aliphatic heterocycles. The number of hydrogen-bond acceptors (Lipinski definition) is 6. The van der Waals surface area contributed by atoms with Gasteiger partial charge in [-0.05, 0) is 54.8 Å². The number of amides is 2. The third-order valence-electron chi connectivity index (χ3n) is 7.44. The third kappa shape index (κ3) is 6.46. The lowest BCUT2D eigenvalue weighted by molar-refractivity contribution is -0.139. The van der Waals surface area contributed by atoms with Crippen LogP contribution in [0.1, 0.15) is 42.1 Å². The van der Waals surface area contributed by atoms with Gasteiger partial charge in [-0.2, -0.15) is 5.10 Å². The van der Waals surface area contributed by atoms with Crippen molar-refractivity contribution in [2.75, 3.05) is 13.1 Å². The molecule has 222 valence electrons. The average Bonchev–Trinajstić information content (AvgIpc) is 3.56. The van der Waals surface area contributed by atoms with Crippen molar-refractivity contribution in [2.24, 2.45) is 0 Å². The predicted molar refractivity (Wildman–Crippen MR) is 159 cm³/mol. The molecular weight excluding hydrogens is 578 g/mol. The molecule has 0 bridgehead atoms. The Hall–Kier alpha value is -4.51. The fourth-order valence-corrected chi connectivity index (χ4v) is 5.29. The number of fused-ring (bicyclic) bond motifs is 1. The normalized spacial score (nSPS) is 17.2. The maximum atomic E-state index is 14.9. The molecule has 0 saturated carbocycles. The summed E-state index contributed by atoms with van der Waals surface area (Å²) >= 11 is 6.00. The van der Waals surface area contributed by atoms with Gasteiger partial charge in [0.15, 0.2) is 5.78 Å². The van der Waals surface area contributed by atoms with E-state index >= 15 is 0 Å². The summed E-state index contributed by atoms with van der Waals surface area (Å²) in [6.07, 6.45) is 1.72. The molecule has 1 N–H and O–H groups in total. The highest BCUT2D eigenvalue weighted by atomic mass is 35.5. The van der Waals surface area contributed by atoms with Crippen LogP contribution in [0, 0.1) is 6.92 Å². The van der Waals surface area contributed by atoms with Gasteiger partial charge < -0.3 is 10.2 Å². The lowest BCUT2D eigenvalue weighted by atomic mass is 10.0. The Kier molecular flexibility index (Phi) is 8.63. The minimum absolute atomic E-state index is 0.175. The first-order valence-corrected chi connectivity index (χ1v) is 14.0. The van der Waals surface area contributed by atoms with Gasteiger partial charge in [-0.15, -0.1) is 0 Å². The van der Waals surface area contributed by atoms with Crippen molar-refractivity contribution < 1.29 is 23.2 Å². The summed E-state index contributed by atoms with van der Waals surface area (Å²) in [5.41, 5.74) is 3.08. The van der Waals surface area contributed by atoms with Gasteiger partial charge in [-0.25, -0.2) is 18.7 Å². The quantitative estimate of drug-likeness (QED) is 0.279. The minimum atomic E-state index is -1.42. The van der Waals surface area contributed by atoms with E-state index in [1.807, 2.05) is 0 Å². The van der Waals surface area contributed by atoms with E-state index in [1.165, 1.54) is 11.6 Å². The molecular formula is C31H29ClF2N6O3. The number of aromatic nitrogens is 4. The van der Waals surface area contributed by atoms with E-state index in [1.54, 1.807) is 68.7 Å². The van der Waals surface area contributed by atoms with Crippen molar-refractivity contribution >= 4 is 45.7 Å². The van der Waals surface area contributed by atoms with Crippen LogP contribution in [0.15, 0.2) is 60.7 Å². The molecule has 12 heteroatoms. The number of likely N-dealkylation sites (tertiary alicyclic amines) is 1. The topological polar surface area (TPSA) is 110 Å². The summed E-state index contributed by atoms with van der Waals surface area (Å²) in [6, 6.07) is 10.9. The van der Waals surface area contributed by atoms with Crippen molar-refractivity contribution in [1.29, 1.82) is 0 Å². The summed E-state index contributed by atoms with van der Waals surface area (Å²) < 4.78 is 30.8. The summed E-state index contributed by atoms with van der Waals surface area (Å²) in [5, 5.41) is 7.86. The minimum Gasteiger partial charge on any atom is -0.348 e. The molecule has 4 aromatic rings. The Balaban J connectivity index is 1.33. The lowest BCUT2D eigenvalue weighted by Crippen LogP contribution is -2.47. The molecule has 1 saturated heterocycles. The van der Waals surface area contributed by atoms with Gasteiger partial charge in [0.2, 0.25) is 11.8 Å². The highest BCUT2D eigenvalue weighted by Gasteiger charge is 2.40.